The number of halogens is 3. The summed E-state index contributed by atoms with van der Waals surface area (Å²) in [7, 11) is 1.28. The van der Waals surface area contributed by atoms with Crippen LogP contribution in [0.3, 0.4) is 0 Å². The van der Waals surface area contributed by atoms with Crippen molar-refractivity contribution >= 4 is 23.5 Å². The fourth-order valence-corrected chi connectivity index (χ4v) is 3.14. The van der Waals surface area contributed by atoms with Gasteiger partial charge in [-0.15, -0.1) is 0 Å². The number of anilines is 2. The predicted octanol–water partition coefficient (Wildman–Crippen LogP) is 2.47. The van der Waals surface area contributed by atoms with Crippen LogP contribution in [-0.4, -0.2) is 48.0 Å². The molecule has 0 aromatic carbocycles. The molecule has 0 aliphatic carbocycles. The number of methoxy groups -OCH3 is 1. The lowest BCUT2D eigenvalue weighted by Crippen LogP contribution is -2.37. The average molecular weight is 423 g/mol. The lowest BCUT2D eigenvalue weighted by molar-refractivity contribution is -0.137. The van der Waals surface area contributed by atoms with Gasteiger partial charge in [-0.2, -0.15) is 13.2 Å². The molecule has 30 heavy (non-hydrogen) atoms. The van der Waals surface area contributed by atoms with E-state index in [-0.39, 0.29) is 29.4 Å². The maximum atomic E-state index is 12.9. The molecule has 2 N–H and O–H groups in total. The molecule has 0 radical (unpaired) electrons. The average Bonchev–Trinajstić information content (AvgIpc) is 3.14. The van der Waals surface area contributed by atoms with Gasteiger partial charge in [-0.3, -0.25) is 9.59 Å². The van der Waals surface area contributed by atoms with Crippen LogP contribution in [0.2, 0.25) is 0 Å². The van der Waals surface area contributed by atoms with Gasteiger partial charge in [-0.1, -0.05) is 0 Å². The van der Waals surface area contributed by atoms with Gasteiger partial charge in [0.05, 0.1) is 12.7 Å². The van der Waals surface area contributed by atoms with Gasteiger partial charge in [-0.05, 0) is 24.6 Å². The summed E-state index contributed by atoms with van der Waals surface area (Å²) < 4.78 is 43.8. The first-order valence-electron chi connectivity index (χ1n) is 9.08. The number of rotatable bonds is 5. The van der Waals surface area contributed by atoms with E-state index < -0.39 is 11.7 Å². The molecule has 8 nitrogen and oxygen atoms in total. The minimum Gasteiger partial charge on any atom is -0.493 e. The van der Waals surface area contributed by atoms with E-state index in [0.717, 1.165) is 12.3 Å². The number of ether oxygens (including phenoxy) is 1. The third kappa shape index (κ3) is 4.97. The first-order valence-corrected chi connectivity index (χ1v) is 9.08. The summed E-state index contributed by atoms with van der Waals surface area (Å²) in [6.07, 6.45) is -1.75. The smallest absolute Gasteiger partial charge is 0.418 e. The van der Waals surface area contributed by atoms with Crippen LogP contribution < -0.4 is 20.3 Å². The number of alkyl halides is 3. The molecule has 0 bridgehead atoms. The Labute approximate surface area is 170 Å². The quantitative estimate of drug-likeness (QED) is 0.767. The van der Waals surface area contributed by atoms with Gasteiger partial charge in [-0.25, -0.2) is 9.97 Å². The highest BCUT2D eigenvalue weighted by Crippen LogP contribution is 2.35. The molecule has 2 aromatic heterocycles. The number of nitrogens with one attached hydrogen (secondary N) is 2. The van der Waals surface area contributed by atoms with E-state index in [1.54, 1.807) is 4.90 Å². The molecule has 1 aliphatic heterocycles. The summed E-state index contributed by atoms with van der Waals surface area (Å²) >= 11 is 0. The molecule has 1 atom stereocenters. The Kier molecular flexibility index (Phi) is 6.09. The van der Waals surface area contributed by atoms with Crippen LogP contribution in [-0.2, 0) is 11.0 Å². The van der Waals surface area contributed by atoms with Crippen LogP contribution in [0.5, 0.6) is 5.75 Å². The maximum Gasteiger partial charge on any atom is 0.418 e. The number of pyridine rings is 2. The Morgan fingerprint density at radius 2 is 2.03 bits per heavy atom. The second-order valence-electron chi connectivity index (χ2n) is 6.76. The topological polar surface area (TPSA) is 96.4 Å². The molecular weight excluding hydrogens is 403 g/mol. The minimum absolute atomic E-state index is 0.0193. The van der Waals surface area contributed by atoms with Crippen LogP contribution in [0.4, 0.5) is 24.8 Å². The number of amides is 2. The second kappa shape index (κ2) is 8.56. The molecule has 3 heterocycles. The number of nitrogens with zero attached hydrogens (tertiary/aromatic N) is 3. The monoisotopic (exact) mass is 423 g/mol. The van der Waals surface area contributed by atoms with E-state index in [9.17, 15) is 22.8 Å². The van der Waals surface area contributed by atoms with Crippen LogP contribution in [0.15, 0.2) is 30.6 Å². The Morgan fingerprint density at radius 3 is 2.70 bits per heavy atom. The van der Waals surface area contributed by atoms with Crippen molar-refractivity contribution in [3.05, 3.63) is 41.7 Å². The predicted molar refractivity (Wildman–Crippen MR) is 102 cm³/mol. The van der Waals surface area contributed by atoms with Gasteiger partial charge in [0, 0.05) is 44.0 Å². The fraction of sp³-hybridized carbons (Fsp3) is 0.368. The molecule has 0 spiro atoms. The molecule has 0 saturated carbocycles. The molecule has 2 aromatic rings. The molecule has 1 saturated heterocycles. The molecule has 1 fully saturated rings. The Morgan fingerprint density at radius 1 is 1.27 bits per heavy atom. The first kappa shape index (κ1) is 21.3. The lowest BCUT2D eigenvalue weighted by atomic mass is 10.2. The van der Waals surface area contributed by atoms with Crippen molar-refractivity contribution in [2.24, 2.45) is 0 Å². The van der Waals surface area contributed by atoms with Crippen LogP contribution in [0.1, 0.15) is 29.3 Å². The number of carbonyl (C=O) groups excluding carboxylic acids is 2. The van der Waals surface area contributed by atoms with E-state index in [4.69, 9.17) is 4.74 Å². The number of hydrogen-bond donors (Lipinski definition) is 2. The standard InChI is InChI=1S/C19H20F3N5O3/c1-11(28)25-16-7-12(3-5-23-16)18(29)26-14-4-6-27(10-14)17-15(30-2)8-13(9-24-17)19(20,21)22/h3,5,7-9,14H,4,6,10H2,1-2H3,(H,26,29)(H,23,25,28)/t14-/m1/s1. The van der Waals surface area contributed by atoms with Crippen LogP contribution in [0.25, 0.3) is 0 Å². The zero-order valence-electron chi connectivity index (χ0n) is 16.3. The molecule has 11 heteroatoms. The Balaban J connectivity index is 1.67. The van der Waals surface area contributed by atoms with E-state index in [1.807, 2.05) is 0 Å². The first-order chi connectivity index (χ1) is 14.2. The van der Waals surface area contributed by atoms with Crippen molar-refractivity contribution in [2.75, 3.05) is 30.4 Å². The number of carbonyl (C=O) groups is 2. The van der Waals surface area contributed by atoms with Gasteiger partial charge in [0.2, 0.25) is 5.91 Å². The zero-order valence-corrected chi connectivity index (χ0v) is 16.3. The lowest BCUT2D eigenvalue weighted by Gasteiger charge is -2.21. The summed E-state index contributed by atoms with van der Waals surface area (Å²) in [5.41, 5.74) is -0.558. The highest BCUT2D eigenvalue weighted by atomic mass is 19.4. The highest BCUT2D eigenvalue weighted by molar-refractivity contribution is 5.96. The van der Waals surface area contributed by atoms with Crippen molar-refractivity contribution in [3.8, 4) is 5.75 Å². The van der Waals surface area contributed by atoms with E-state index in [1.165, 1.54) is 32.4 Å². The van der Waals surface area contributed by atoms with Crippen molar-refractivity contribution in [3.63, 3.8) is 0 Å². The molecule has 1 aliphatic rings. The summed E-state index contributed by atoms with van der Waals surface area (Å²) in [5, 5.41) is 5.39. The van der Waals surface area contributed by atoms with Gasteiger partial charge >= 0.3 is 6.18 Å². The molecular formula is C19H20F3N5O3. The van der Waals surface area contributed by atoms with Gasteiger partial charge < -0.3 is 20.3 Å². The van der Waals surface area contributed by atoms with Gasteiger partial charge in [0.1, 0.15) is 5.82 Å². The van der Waals surface area contributed by atoms with Gasteiger partial charge in [0.15, 0.2) is 11.6 Å². The van der Waals surface area contributed by atoms with Crippen molar-refractivity contribution in [2.45, 2.75) is 25.6 Å². The van der Waals surface area contributed by atoms with Crippen LogP contribution in [0, 0.1) is 0 Å². The summed E-state index contributed by atoms with van der Waals surface area (Å²) in [5.74, 6) is -0.0699. The van der Waals surface area contributed by atoms with Crippen molar-refractivity contribution in [1.82, 2.24) is 15.3 Å². The SMILES string of the molecule is COc1cc(C(F)(F)F)cnc1N1CC[C@@H](NC(=O)c2ccnc(NC(C)=O)c2)C1. The fourth-order valence-electron chi connectivity index (χ4n) is 3.14. The van der Waals surface area contributed by atoms with Gasteiger partial charge in [0.25, 0.3) is 5.91 Å². The third-order valence-corrected chi connectivity index (χ3v) is 4.53. The number of aromatic nitrogens is 2. The highest BCUT2D eigenvalue weighted by Gasteiger charge is 2.33. The third-order valence-electron chi connectivity index (χ3n) is 4.53. The van der Waals surface area contributed by atoms with E-state index in [2.05, 4.69) is 20.6 Å². The molecule has 0 unspecified atom stereocenters. The summed E-state index contributed by atoms with van der Waals surface area (Å²) in [6.45, 7) is 2.20. The molecule has 160 valence electrons. The van der Waals surface area contributed by atoms with E-state index in [0.29, 0.717) is 30.9 Å². The van der Waals surface area contributed by atoms with Crippen molar-refractivity contribution < 1.29 is 27.5 Å². The summed E-state index contributed by atoms with van der Waals surface area (Å²) in [4.78, 5) is 33.3. The Hall–Kier alpha value is -3.37. The molecule has 2 amide bonds. The minimum atomic E-state index is -4.51. The molecule has 3 rings (SSSR count). The Bertz CT molecular complexity index is 951. The van der Waals surface area contributed by atoms with Crippen LogP contribution >= 0.6 is 0 Å². The maximum absolute atomic E-state index is 12.9. The summed E-state index contributed by atoms with van der Waals surface area (Å²) in [6, 6.07) is 3.66. The van der Waals surface area contributed by atoms with E-state index >= 15 is 0 Å². The van der Waals surface area contributed by atoms with Crippen molar-refractivity contribution in [1.29, 1.82) is 0 Å². The normalized spacial score (nSPS) is 16.3. The number of hydrogen-bond acceptors (Lipinski definition) is 6. The largest absolute Gasteiger partial charge is 0.493 e. The second-order valence-corrected chi connectivity index (χ2v) is 6.76. The zero-order chi connectivity index (χ0) is 21.9.